The van der Waals surface area contributed by atoms with Crippen LogP contribution in [0.2, 0.25) is 0 Å². The molecular formula is C25H19BrCl2N2O5. The van der Waals surface area contributed by atoms with Gasteiger partial charge in [0, 0.05) is 11.5 Å². The molecule has 6 unspecified atom stereocenters. The van der Waals surface area contributed by atoms with Gasteiger partial charge in [-0.2, -0.15) is 0 Å². The van der Waals surface area contributed by atoms with Crippen molar-refractivity contribution < 1.29 is 24.3 Å². The summed E-state index contributed by atoms with van der Waals surface area (Å²) < 4.78 is 0. The molecule has 180 valence electrons. The number of halogens is 3. The molecule has 4 amide bonds. The SMILES string of the molecule is O=C1NC(=O)C2C1CC=C1C2CC2(Cl)C(=O)N(CBr)C(=O)C2(Cl)C1c1c(O)ccc2ccccc12. The van der Waals surface area contributed by atoms with Gasteiger partial charge in [0.15, 0.2) is 9.75 Å². The molecule has 2 heterocycles. The van der Waals surface area contributed by atoms with Gasteiger partial charge in [-0.15, -0.1) is 23.2 Å². The van der Waals surface area contributed by atoms with Gasteiger partial charge in [0.05, 0.1) is 17.3 Å². The molecule has 1 saturated carbocycles. The largest absolute Gasteiger partial charge is 0.508 e. The van der Waals surface area contributed by atoms with Crippen molar-refractivity contribution in [2.75, 3.05) is 5.45 Å². The fraction of sp³-hybridized carbons (Fsp3) is 0.360. The van der Waals surface area contributed by atoms with Crippen LogP contribution < -0.4 is 5.32 Å². The summed E-state index contributed by atoms with van der Waals surface area (Å²) in [5.41, 5.74) is 0.919. The number of amides is 4. The topological polar surface area (TPSA) is 104 Å². The van der Waals surface area contributed by atoms with Crippen molar-refractivity contribution in [2.45, 2.75) is 28.5 Å². The molecular weight excluding hydrogens is 559 g/mol. The highest BCUT2D eigenvalue weighted by Crippen LogP contribution is 2.66. The lowest BCUT2D eigenvalue weighted by Crippen LogP contribution is -2.60. The van der Waals surface area contributed by atoms with Crippen LogP contribution in [0.15, 0.2) is 48.0 Å². The van der Waals surface area contributed by atoms with E-state index in [1.165, 1.54) is 6.07 Å². The third-order valence-electron chi connectivity index (χ3n) is 8.09. The van der Waals surface area contributed by atoms with Crippen molar-refractivity contribution in [3.05, 3.63) is 53.6 Å². The summed E-state index contributed by atoms with van der Waals surface area (Å²) >= 11 is 17.5. The second-order valence-corrected chi connectivity index (χ2v) is 11.3. The number of likely N-dealkylation sites (tertiary alicyclic amines) is 1. The molecule has 3 fully saturated rings. The van der Waals surface area contributed by atoms with Crippen molar-refractivity contribution in [1.29, 1.82) is 0 Å². The third kappa shape index (κ3) is 2.73. The third-order valence-corrected chi connectivity index (χ3v) is 10.0. The van der Waals surface area contributed by atoms with E-state index in [1.54, 1.807) is 12.1 Å². The Morgan fingerprint density at radius 2 is 1.77 bits per heavy atom. The van der Waals surface area contributed by atoms with E-state index in [9.17, 15) is 24.3 Å². The Hall–Kier alpha value is -2.42. The molecule has 0 spiro atoms. The van der Waals surface area contributed by atoms with Gasteiger partial charge in [-0.25, -0.2) is 0 Å². The summed E-state index contributed by atoms with van der Waals surface area (Å²) in [5.74, 6) is -5.14. The molecule has 2 aromatic rings. The number of phenolic OH excluding ortho intramolecular Hbond substituents is 1. The van der Waals surface area contributed by atoms with Gasteiger partial charge >= 0.3 is 0 Å². The van der Waals surface area contributed by atoms with E-state index >= 15 is 0 Å². The smallest absolute Gasteiger partial charge is 0.254 e. The van der Waals surface area contributed by atoms with Crippen molar-refractivity contribution >= 4 is 73.5 Å². The highest BCUT2D eigenvalue weighted by molar-refractivity contribution is 9.09. The molecule has 6 rings (SSSR count). The number of phenols is 1. The summed E-state index contributed by atoms with van der Waals surface area (Å²) in [7, 11) is 0. The van der Waals surface area contributed by atoms with E-state index < -0.39 is 51.1 Å². The Morgan fingerprint density at radius 1 is 1.03 bits per heavy atom. The van der Waals surface area contributed by atoms with Gasteiger partial charge in [-0.05, 0) is 35.6 Å². The van der Waals surface area contributed by atoms with E-state index in [-0.39, 0.29) is 30.0 Å². The van der Waals surface area contributed by atoms with Crippen molar-refractivity contribution in [2.24, 2.45) is 17.8 Å². The number of rotatable bonds is 2. The summed E-state index contributed by atoms with van der Waals surface area (Å²) in [6.07, 6.45) is 2.04. The number of alkyl halides is 3. The lowest BCUT2D eigenvalue weighted by molar-refractivity contribution is -0.138. The zero-order valence-electron chi connectivity index (χ0n) is 18.1. The number of carbonyl (C=O) groups excluding carboxylic acids is 4. The summed E-state index contributed by atoms with van der Waals surface area (Å²) in [4.78, 5) is 49.8. The first-order valence-electron chi connectivity index (χ1n) is 11.2. The molecule has 2 aliphatic heterocycles. The van der Waals surface area contributed by atoms with E-state index in [1.807, 2.05) is 24.3 Å². The molecule has 2 aromatic carbocycles. The fourth-order valence-electron chi connectivity index (χ4n) is 6.57. The predicted octanol–water partition coefficient (Wildman–Crippen LogP) is 3.54. The second-order valence-electron chi connectivity index (χ2n) is 9.56. The first-order chi connectivity index (χ1) is 16.6. The lowest BCUT2D eigenvalue weighted by Gasteiger charge is -2.51. The molecule has 10 heteroatoms. The maximum Gasteiger partial charge on any atom is 0.254 e. The Balaban J connectivity index is 1.68. The minimum Gasteiger partial charge on any atom is -0.508 e. The summed E-state index contributed by atoms with van der Waals surface area (Å²) in [6, 6.07) is 10.6. The first-order valence-corrected chi connectivity index (χ1v) is 13.1. The number of hydrogen-bond acceptors (Lipinski definition) is 5. The van der Waals surface area contributed by atoms with Crippen molar-refractivity contribution in [3.8, 4) is 5.75 Å². The van der Waals surface area contributed by atoms with Crippen LogP contribution in [-0.2, 0) is 19.2 Å². The molecule has 35 heavy (non-hydrogen) atoms. The average Bonchev–Trinajstić information content (AvgIpc) is 3.21. The molecule has 2 saturated heterocycles. The second kappa shape index (κ2) is 7.54. The van der Waals surface area contributed by atoms with Crippen LogP contribution in [-0.4, -0.2) is 48.8 Å². The van der Waals surface area contributed by atoms with Crippen molar-refractivity contribution in [3.63, 3.8) is 0 Å². The number of carbonyl (C=O) groups is 4. The Morgan fingerprint density at radius 3 is 2.51 bits per heavy atom. The average molecular weight is 578 g/mol. The number of aromatic hydroxyl groups is 1. The minimum absolute atomic E-state index is 0.0815. The van der Waals surface area contributed by atoms with Gasteiger partial charge in [0.2, 0.25) is 11.8 Å². The number of allylic oxidation sites excluding steroid dienone is 2. The van der Waals surface area contributed by atoms with Crippen LogP contribution in [0, 0.1) is 17.8 Å². The van der Waals surface area contributed by atoms with Crippen molar-refractivity contribution in [1.82, 2.24) is 10.2 Å². The van der Waals surface area contributed by atoms with E-state index in [0.29, 0.717) is 16.5 Å². The number of nitrogens with one attached hydrogen (secondary N) is 1. The zero-order valence-corrected chi connectivity index (χ0v) is 21.2. The maximum atomic E-state index is 13.8. The number of nitrogens with zero attached hydrogens (tertiary/aromatic N) is 1. The van der Waals surface area contributed by atoms with Crippen LogP contribution in [0.1, 0.15) is 24.3 Å². The highest BCUT2D eigenvalue weighted by atomic mass is 79.9. The maximum absolute atomic E-state index is 13.8. The molecule has 4 aliphatic rings. The molecule has 2 N–H and O–H groups in total. The van der Waals surface area contributed by atoms with Crippen LogP contribution in [0.3, 0.4) is 0 Å². The minimum atomic E-state index is -1.95. The molecule has 7 nitrogen and oxygen atoms in total. The molecule has 0 bridgehead atoms. The number of imide groups is 2. The summed E-state index contributed by atoms with van der Waals surface area (Å²) in [6.45, 7) is 0. The molecule has 6 atom stereocenters. The quantitative estimate of drug-likeness (QED) is 0.246. The predicted molar refractivity (Wildman–Crippen MR) is 132 cm³/mol. The normalized spacial score (nSPS) is 36.1. The number of hydrogen-bond donors (Lipinski definition) is 2. The van der Waals surface area contributed by atoms with Crippen LogP contribution in [0.25, 0.3) is 10.8 Å². The Labute approximate surface area is 218 Å². The molecule has 0 aromatic heterocycles. The zero-order chi connectivity index (χ0) is 24.9. The van der Waals surface area contributed by atoms with E-state index in [0.717, 1.165) is 10.3 Å². The fourth-order valence-corrected chi connectivity index (χ4v) is 7.98. The van der Waals surface area contributed by atoms with E-state index in [2.05, 4.69) is 21.2 Å². The highest BCUT2D eigenvalue weighted by Gasteiger charge is 2.76. The van der Waals surface area contributed by atoms with Gasteiger partial charge in [-0.1, -0.05) is 57.9 Å². The first kappa shape index (κ1) is 23.0. The number of benzene rings is 2. The Kier molecular flexibility index (Phi) is 4.96. The van der Waals surface area contributed by atoms with Gasteiger partial charge in [0.25, 0.3) is 11.8 Å². The standard InChI is InChI=1S/C25H19BrCl2N2O5/c26-10-30-22(34)24(27)9-15-13(6-7-14-17(15)21(33)29-20(14)32)19(25(24,28)23(30)35)18-12-4-2-1-3-11(12)5-8-16(18)31/h1-6,8,14-15,17,19,31H,7,9-10H2,(H,29,32,33). The van der Waals surface area contributed by atoms with Crippen LogP contribution in [0.5, 0.6) is 5.75 Å². The van der Waals surface area contributed by atoms with E-state index in [4.69, 9.17) is 23.2 Å². The molecule has 2 aliphatic carbocycles. The Bertz CT molecular complexity index is 1400. The monoisotopic (exact) mass is 576 g/mol. The number of fused-ring (bicyclic) bond motifs is 5. The van der Waals surface area contributed by atoms with Gasteiger partial charge < -0.3 is 5.11 Å². The van der Waals surface area contributed by atoms with Gasteiger partial charge in [0.1, 0.15) is 5.75 Å². The summed E-state index contributed by atoms with van der Waals surface area (Å²) in [5, 5.41) is 15.0. The van der Waals surface area contributed by atoms with Crippen LogP contribution >= 0.6 is 39.1 Å². The lowest BCUT2D eigenvalue weighted by atomic mass is 9.56. The molecule has 0 radical (unpaired) electrons. The van der Waals surface area contributed by atoms with Crippen LogP contribution in [0.4, 0.5) is 0 Å². The van der Waals surface area contributed by atoms with Gasteiger partial charge in [-0.3, -0.25) is 29.4 Å².